The molecule has 2 saturated heterocycles. The van der Waals surface area contributed by atoms with Crippen LogP contribution < -0.4 is 4.74 Å². The highest BCUT2D eigenvalue weighted by molar-refractivity contribution is 14.1. The second kappa shape index (κ2) is 16.8. The number of fused-ring (bicyclic) bond motifs is 1. The molecule has 0 spiro atoms. The zero-order valence-electron chi connectivity index (χ0n) is 28.5. The van der Waals surface area contributed by atoms with E-state index in [0.29, 0.717) is 28.6 Å². The molecule has 2 aliphatic heterocycles. The predicted molar refractivity (Wildman–Crippen MR) is 196 cm³/mol. The van der Waals surface area contributed by atoms with Crippen LogP contribution in [-0.2, 0) is 16.1 Å². The number of methoxy groups -OCH3 is 1. The maximum Gasteiger partial charge on any atom is 0.234 e. The van der Waals surface area contributed by atoms with E-state index in [0.717, 1.165) is 74.9 Å². The van der Waals surface area contributed by atoms with Crippen LogP contribution in [0.1, 0.15) is 82.8 Å². The van der Waals surface area contributed by atoms with Crippen molar-refractivity contribution < 1.29 is 29.6 Å². The molecule has 48 heavy (non-hydrogen) atoms. The number of allylic oxidation sites excluding steroid dienone is 2. The Labute approximate surface area is 299 Å². The molecular formula is C39H51IN2O6. The minimum Gasteiger partial charge on any atom is -0.504 e. The van der Waals surface area contributed by atoms with Gasteiger partial charge in [-0.3, -0.25) is 19.4 Å². The molecule has 5 rings (SSSR count). The number of phenolic OH excluding ortho intramolecular Hbond substituents is 1. The van der Waals surface area contributed by atoms with Crippen molar-refractivity contribution in [2.45, 2.75) is 90.3 Å². The summed E-state index contributed by atoms with van der Waals surface area (Å²) in [5.74, 6) is -1.41. The molecule has 260 valence electrons. The first-order chi connectivity index (χ1) is 23.2. The molecule has 2 amide bonds. The lowest BCUT2D eigenvalue weighted by Gasteiger charge is -2.37. The number of nitrogens with zero attached hydrogens (tertiary/aromatic N) is 2. The van der Waals surface area contributed by atoms with Crippen molar-refractivity contribution in [1.82, 2.24) is 9.80 Å². The Hall–Kier alpha value is -2.73. The third-order valence-electron chi connectivity index (χ3n) is 10.4. The van der Waals surface area contributed by atoms with E-state index in [1.807, 2.05) is 30.3 Å². The number of piperidine rings is 1. The first-order valence-electron chi connectivity index (χ1n) is 17.6. The van der Waals surface area contributed by atoms with E-state index < -0.39 is 23.9 Å². The lowest BCUT2D eigenvalue weighted by atomic mass is 9.67. The van der Waals surface area contributed by atoms with Gasteiger partial charge in [-0.1, -0.05) is 74.2 Å². The van der Waals surface area contributed by atoms with Crippen LogP contribution >= 0.6 is 22.6 Å². The van der Waals surface area contributed by atoms with E-state index >= 15 is 0 Å². The van der Waals surface area contributed by atoms with Gasteiger partial charge in [0.1, 0.15) is 0 Å². The fourth-order valence-corrected chi connectivity index (χ4v) is 8.82. The van der Waals surface area contributed by atoms with E-state index in [-0.39, 0.29) is 30.2 Å². The number of amides is 2. The summed E-state index contributed by atoms with van der Waals surface area (Å²) in [6.07, 6.45) is 7.73. The minimum absolute atomic E-state index is 0.0979. The molecule has 0 bridgehead atoms. The van der Waals surface area contributed by atoms with Crippen LogP contribution in [0, 0.1) is 21.3 Å². The van der Waals surface area contributed by atoms with Gasteiger partial charge in [0.15, 0.2) is 11.5 Å². The summed E-state index contributed by atoms with van der Waals surface area (Å²) < 4.78 is 6.06. The quantitative estimate of drug-likeness (QED) is 0.111. The lowest BCUT2D eigenvalue weighted by Crippen LogP contribution is -2.47. The van der Waals surface area contributed by atoms with Gasteiger partial charge in [-0.05, 0) is 96.4 Å². The largest absolute Gasteiger partial charge is 0.504 e. The molecule has 8 nitrogen and oxygen atoms in total. The number of aliphatic hydroxyl groups excluding tert-OH is 2. The first-order valence-corrected chi connectivity index (χ1v) is 18.7. The van der Waals surface area contributed by atoms with Crippen LogP contribution in [0.2, 0.25) is 0 Å². The average molecular weight is 771 g/mol. The standard InChI is InChI=1S/C39H51IN2O6/c1-4-9-25(19-27-20-32(40)37(45)34(21-27)48-3)13-14-33(44)35-28(10-5-2)22-30-36(31(35)24-43)39(47)42(38(30)46)29-15-17-41(18-16-29)23-26-11-7-6-8-12-26/h6-8,11-12,19-21,29-31,33,36,43-45H,4-5,9-10,13-18,22-24H2,1-3H3/b25-19+/t30-,31+,33-,36-/m1/s1. The van der Waals surface area contributed by atoms with Gasteiger partial charge in [-0.15, -0.1) is 0 Å². The van der Waals surface area contributed by atoms with Gasteiger partial charge >= 0.3 is 0 Å². The summed E-state index contributed by atoms with van der Waals surface area (Å²) in [6.45, 7) is 6.44. The molecule has 2 fully saturated rings. The van der Waals surface area contributed by atoms with E-state index in [1.165, 1.54) is 18.2 Å². The Morgan fingerprint density at radius 2 is 1.79 bits per heavy atom. The van der Waals surface area contributed by atoms with Crippen molar-refractivity contribution in [1.29, 1.82) is 0 Å². The number of hydrogen-bond acceptors (Lipinski definition) is 7. The molecule has 2 aromatic rings. The first kappa shape index (κ1) is 36.5. The number of hydrogen-bond donors (Lipinski definition) is 3. The average Bonchev–Trinajstić information content (AvgIpc) is 3.34. The number of benzene rings is 2. The smallest absolute Gasteiger partial charge is 0.234 e. The molecule has 4 atom stereocenters. The summed E-state index contributed by atoms with van der Waals surface area (Å²) in [5.41, 5.74) is 5.16. The highest BCUT2D eigenvalue weighted by atomic mass is 127. The number of carbonyl (C=O) groups excluding carboxylic acids is 2. The van der Waals surface area contributed by atoms with Gasteiger partial charge in [0.25, 0.3) is 0 Å². The van der Waals surface area contributed by atoms with Crippen LogP contribution in [0.5, 0.6) is 11.5 Å². The number of halogens is 1. The third-order valence-corrected chi connectivity index (χ3v) is 11.3. The van der Waals surface area contributed by atoms with E-state index in [1.54, 1.807) is 4.90 Å². The van der Waals surface area contributed by atoms with Crippen molar-refractivity contribution in [2.75, 3.05) is 26.8 Å². The molecular weight excluding hydrogens is 719 g/mol. The van der Waals surface area contributed by atoms with Crippen molar-refractivity contribution in [2.24, 2.45) is 17.8 Å². The molecule has 0 saturated carbocycles. The fraction of sp³-hybridized carbons (Fsp3) is 0.538. The number of aliphatic hydroxyl groups is 2. The normalized spacial score (nSPS) is 23.2. The summed E-state index contributed by atoms with van der Waals surface area (Å²) in [5, 5.41) is 32.9. The van der Waals surface area contributed by atoms with Crippen LogP contribution in [-0.4, -0.2) is 75.9 Å². The number of rotatable bonds is 14. The molecule has 0 radical (unpaired) electrons. The van der Waals surface area contributed by atoms with Crippen LogP contribution in [0.3, 0.4) is 0 Å². The SMILES string of the molecule is CCCC1=C([C@H](O)CC/C(=C/c2cc(I)c(O)c(OC)c2)CCC)[C@H](CO)[C@@H]2C(=O)N(C3CCN(Cc4ccccc4)CC3)C(=O)[C@@H]2C1. The molecule has 0 aromatic heterocycles. The van der Waals surface area contributed by atoms with Gasteiger partial charge in [0.05, 0.1) is 35.2 Å². The lowest BCUT2D eigenvalue weighted by molar-refractivity contribution is -0.144. The fourth-order valence-electron chi connectivity index (χ4n) is 8.20. The second-order valence-electron chi connectivity index (χ2n) is 13.6. The summed E-state index contributed by atoms with van der Waals surface area (Å²) in [7, 11) is 1.54. The third kappa shape index (κ3) is 8.01. The van der Waals surface area contributed by atoms with Crippen molar-refractivity contribution in [3.8, 4) is 11.5 Å². The molecule has 1 aliphatic carbocycles. The maximum absolute atomic E-state index is 14.1. The van der Waals surface area contributed by atoms with Crippen LogP contribution in [0.4, 0.5) is 0 Å². The van der Waals surface area contributed by atoms with E-state index in [4.69, 9.17) is 4.74 Å². The number of ether oxygens (including phenoxy) is 1. The molecule has 0 unspecified atom stereocenters. The van der Waals surface area contributed by atoms with E-state index in [9.17, 15) is 24.9 Å². The summed E-state index contributed by atoms with van der Waals surface area (Å²) in [4.78, 5) is 32.0. The van der Waals surface area contributed by atoms with Crippen molar-refractivity contribution in [3.63, 3.8) is 0 Å². The summed E-state index contributed by atoms with van der Waals surface area (Å²) >= 11 is 2.09. The Kier molecular flexibility index (Phi) is 12.8. The van der Waals surface area contributed by atoms with Gasteiger partial charge < -0.3 is 20.1 Å². The number of aromatic hydroxyl groups is 1. The number of likely N-dealkylation sites (tertiary alicyclic amines) is 2. The summed E-state index contributed by atoms with van der Waals surface area (Å²) in [6, 6.07) is 14.0. The predicted octanol–water partition coefficient (Wildman–Crippen LogP) is 6.70. The Morgan fingerprint density at radius 3 is 2.44 bits per heavy atom. The minimum atomic E-state index is -0.822. The van der Waals surface area contributed by atoms with Gasteiger partial charge in [0, 0.05) is 31.6 Å². The second-order valence-corrected chi connectivity index (χ2v) is 14.8. The number of carbonyl (C=O) groups is 2. The molecule has 3 N–H and O–H groups in total. The Bertz CT molecular complexity index is 1500. The molecule has 9 heteroatoms. The maximum atomic E-state index is 14.1. The highest BCUT2D eigenvalue weighted by Gasteiger charge is 2.56. The number of imide groups is 1. The van der Waals surface area contributed by atoms with Crippen LogP contribution in [0.15, 0.2) is 59.2 Å². The van der Waals surface area contributed by atoms with Gasteiger partial charge in [-0.2, -0.15) is 0 Å². The monoisotopic (exact) mass is 770 g/mol. The molecule has 3 aliphatic rings. The highest BCUT2D eigenvalue weighted by Crippen LogP contribution is 2.48. The Balaban J connectivity index is 1.31. The van der Waals surface area contributed by atoms with Crippen molar-refractivity contribution in [3.05, 3.63) is 73.9 Å². The van der Waals surface area contributed by atoms with Crippen LogP contribution in [0.25, 0.3) is 6.08 Å². The number of phenols is 1. The topological polar surface area (TPSA) is 111 Å². The zero-order chi connectivity index (χ0) is 34.4. The molecule has 2 heterocycles. The van der Waals surface area contributed by atoms with Gasteiger partial charge in [0.2, 0.25) is 11.8 Å². The zero-order valence-corrected chi connectivity index (χ0v) is 30.7. The van der Waals surface area contributed by atoms with Gasteiger partial charge in [-0.25, -0.2) is 0 Å². The van der Waals surface area contributed by atoms with Crippen molar-refractivity contribution >= 4 is 40.5 Å². The molecule has 2 aromatic carbocycles. The Morgan fingerprint density at radius 1 is 1.06 bits per heavy atom. The van der Waals surface area contributed by atoms with E-state index in [2.05, 4.69) is 59.5 Å².